The van der Waals surface area contributed by atoms with Crippen LogP contribution in [0.15, 0.2) is 30.6 Å². The van der Waals surface area contributed by atoms with Crippen molar-refractivity contribution in [1.82, 2.24) is 15.1 Å². The van der Waals surface area contributed by atoms with E-state index in [4.69, 9.17) is 11.6 Å². The lowest BCUT2D eigenvalue weighted by atomic mass is 9.56. The van der Waals surface area contributed by atoms with Gasteiger partial charge in [-0.15, -0.1) is 0 Å². The first-order chi connectivity index (χ1) is 13.9. The highest BCUT2D eigenvalue weighted by atomic mass is 35.5. The lowest BCUT2D eigenvalue weighted by molar-refractivity contribution is -0.125. The number of aryl methyl sites for hydroxylation is 1. The number of hydrogen-bond donors (Lipinski definition) is 1. The van der Waals surface area contributed by atoms with E-state index in [1.54, 1.807) is 0 Å². The predicted molar refractivity (Wildman–Crippen MR) is 117 cm³/mol. The zero-order valence-corrected chi connectivity index (χ0v) is 18.2. The maximum Gasteiger partial charge on any atom is 0.220 e. The molecule has 5 rings (SSSR count). The van der Waals surface area contributed by atoms with Crippen LogP contribution in [0.1, 0.15) is 43.2 Å². The fraction of sp³-hybridized carbons (Fsp3) is 0.625. The molecule has 1 spiro atoms. The summed E-state index contributed by atoms with van der Waals surface area (Å²) in [6, 6.07) is 6.76. The first-order valence-electron chi connectivity index (χ1n) is 11.1. The molecule has 3 aliphatic heterocycles. The summed E-state index contributed by atoms with van der Waals surface area (Å²) in [5.41, 5.74) is 3.03. The van der Waals surface area contributed by atoms with Gasteiger partial charge in [0.1, 0.15) is 0 Å². The maximum absolute atomic E-state index is 11.8. The number of nitrogens with one attached hydrogen (secondary N) is 1. The zero-order valence-electron chi connectivity index (χ0n) is 17.4. The second-order valence-corrected chi connectivity index (χ2v) is 10.5. The van der Waals surface area contributed by atoms with Crippen molar-refractivity contribution in [3.63, 3.8) is 0 Å². The van der Waals surface area contributed by atoms with Crippen LogP contribution in [0.2, 0.25) is 5.02 Å². The van der Waals surface area contributed by atoms with Crippen molar-refractivity contribution in [2.24, 2.45) is 17.3 Å². The van der Waals surface area contributed by atoms with Crippen molar-refractivity contribution in [1.29, 1.82) is 0 Å². The Bertz CT molecular complexity index is 823. The van der Waals surface area contributed by atoms with Crippen LogP contribution in [-0.4, -0.2) is 47.9 Å². The van der Waals surface area contributed by atoms with E-state index in [0.717, 1.165) is 50.0 Å². The molecule has 0 aromatic heterocycles. The molecule has 1 N–H and O–H groups in total. The molecule has 0 bridgehead atoms. The van der Waals surface area contributed by atoms with Crippen LogP contribution in [-0.2, 0) is 11.2 Å². The van der Waals surface area contributed by atoms with E-state index >= 15 is 0 Å². The highest BCUT2D eigenvalue weighted by Crippen LogP contribution is 2.54. The third-order valence-electron chi connectivity index (χ3n) is 7.79. The maximum atomic E-state index is 11.8. The third kappa shape index (κ3) is 3.65. The number of nitrogens with zero attached hydrogens (tertiary/aromatic N) is 2. The molecular weight excluding hydrogens is 382 g/mol. The number of likely N-dealkylation sites (tertiary alicyclic amines) is 2. The molecule has 156 valence electrons. The van der Waals surface area contributed by atoms with Crippen molar-refractivity contribution < 1.29 is 4.79 Å². The monoisotopic (exact) mass is 413 g/mol. The van der Waals surface area contributed by atoms with Gasteiger partial charge in [0, 0.05) is 49.1 Å². The van der Waals surface area contributed by atoms with Crippen LogP contribution in [0.4, 0.5) is 0 Å². The average molecular weight is 414 g/mol. The van der Waals surface area contributed by atoms with Crippen molar-refractivity contribution >= 4 is 17.5 Å². The highest BCUT2D eigenvalue weighted by Gasteiger charge is 2.53. The van der Waals surface area contributed by atoms with Gasteiger partial charge in [-0.2, -0.15) is 0 Å². The third-order valence-corrected chi connectivity index (χ3v) is 8.14. The fourth-order valence-corrected chi connectivity index (χ4v) is 6.49. The normalized spacial score (nSPS) is 28.4. The zero-order chi connectivity index (χ0) is 20.2. The number of halogens is 1. The first-order valence-corrected chi connectivity index (χ1v) is 11.5. The van der Waals surface area contributed by atoms with Crippen molar-refractivity contribution in [2.75, 3.05) is 26.2 Å². The molecule has 2 unspecified atom stereocenters. The Hall–Kier alpha value is -1.68. The van der Waals surface area contributed by atoms with E-state index in [9.17, 15) is 4.79 Å². The molecule has 4 fully saturated rings. The smallest absolute Gasteiger partial charge is 0.220 e. The van der Waals surface area contributed by atoms with Gasteiger partial charge in [0.05, 0.1) is 5.82 Å². The van der Waals surface area contributed by atoms with Crippen LogP contribution < -0.4 is 5.32 Å². The molecule has 5 heteroatoms. The SMILES string of the molecule is C=C(N1CCC2CCC(=O)NC2C1)N1CC2(CC(Cc3ccc(C)cc3Cl)C2)C1. The second kappa shape index (κ2) is 7.23. The minimum absolute atomic E-state index is 0.218. The average Bonchev–Trinajstić information content (AvgIpc) is 2.63. The highest BCUT2D eigenvalue weighted by molar-refractivity contribution is 6.31. The molecule has 0 radical (unpaired) electrons. The molecule has 2 atom stereocenters. The Balaban J connectivity index is 1.10. The molecule has 4 aliphatic rings. The number of amides is 1. The van der Waals surface area contributed by atoms with Crippen molar-refractivity contribution in [3.05, 3.63) is 46.7 Å². The van der Waals surface area contributed by atoms with Crippen LogP contribution in [0.5, 0.6) is 0 Å². The van der Waals surface area contributed by atoms with Gasteiger partial charge in [0.15, 0.2) is 0 Å². The summed E-state index contributed by atoms with van der Waals surface area (Å²) >= 11 is 6.43. The molecule has 1 amide bonds. The molecule has 4 nitrogen and oxygen atoms in total. The Labute approximate surface area is 179 Å². The minimum Gasteiger partial charge on any atom is -0.358 e. The molecule has 3 heterocycles. The summed E-state index contributed by atoms with van der Waals surface area (Å²) < 4.78 is 0. The van der Waals surface area contributed by atoms with Crippen molar-refractivity contribution in [2.45, 2.75) is 51.5 Å². The van der Waals surface area contributed by atoms with Gasteiger partial charge in [-0.1, -0.05) is 30.3 Å². The van der Waals surface area contributed by atoms with E-state index < -0.39 is 0 Å². The predicted octanol–water partition coefficient (Wildman–Crippen LogP) is 3.97. The second-order valence-electron chi connectivity index (χ2n) is 10.1. The van der Waals surface area contributed by atoms with Gasteiger partial charge in [-0.3, -0.25) is 4.79 Å². The van der Waals surface area contributed by atoms with Gasteiger partial charge < -0.3 is 15.1 Å². The Kier molecular flexibility index (Phi) is 4.81. The van der Waals surface area contributed by atoms with E-state index in [0.29, 0.717) is 23.8 Å². The summed E-state index contributed by atoms with van der Waals surface area (Å²) in [6.07, 6.45) is 6.64. The number of rotatable bonds is 4. The molecule has 3 saturated heterocycles. The van der Waals surface area contributed by atoms with Crippen LogP contribution in [0.3, 0.4) is 0 Å². The van der Waals surface area contributed by atoms with E-state index in [1.165, 1.54) is 36.2 Å². The number of hydrogen-bond acceptors (Lipinski definition) is 3. The number of fused-ring (bicyclic) bond motifs is 1. The molecular formula is C24H32ClN3O. The summed E-state index contributed by atoms with van der Waals surface area (Å²) in [5.74, 6) is 2.80. The molecule has 1 aliphatic carbocycles. The van der Waals surface area contributed by atoms with Crippen molar-refractivity contribution in [3.8, 4) is 0 Å². The number of benzene rings is 1. The molecule has 1 aromatic carbocycles. The lowest BCUT2D eigenvalue weighted by Crippen LogP contribution is -2.64. The standard InChI is InChI=1S/C24H32ClN3O/c1-16-3-4-20(21(25)9-16)10-18-11-24(12-18)14-28(15-24)17(2)27-8-7-19-5-6-23(29)26-22(19)13-27/h3-4,9,18-19,22H,2,5-8,10-15H2,1H3,(H,26,29). The fourth-order valence-electron chi connectivity index (χ4n) is 6.18. The van der Waals surface area contributed by atoms with E-state index in [1.807, 2.05) is 0 Å². The van der Waals surface area contributed by atoms with Gasteiger partial charge in [-0.05, 0) is 68.1 Å². The minimum atomic E-state index is 0.218. The van der Waals surface area contributed by atoms with Gasteiger partial charge in [0.2, 0.25) is 5.91 Å². The number of piperidine rings is 2. The van der Waals surface area contributed by atoms with Crippen LogP contribution in [0.25, 0.3) is 0 Å². The Morgan fingerprint density at radius 2 is 2.07 bits per heavy atom. The Morgan fingerprint density at radius 3 is 2.83 bits per heavy atom. The van der Waals surface area contributed by atoms with Gasteiger partial charge in [0.25, 0.3) is 0 Å². The van der Waals surface area contributed by atoms with E-state index in [2.05, 4.69) is 46.8 Å². The number of carbonyl (C=O) groups is 1. The number of carbonyl (C=O) groups excluding carboxylic acids is 1. The first kappa shape index (κ1) is 19.3. The van der Waals surface area contributed by atoms with Gasteiger partial charge >= 0.3 is 0 Å². The summed E-state index contributed by atoms with van der Waals surface area (Å²) in [5, 5.41) is 4.13. The molecule has 1 saturated carbocycles. The Morgan fingerprint density at radius 1 is 1.28 bits per heavy atom. The summed E-state index contributed by atoms with van der Waals surface area (Å²) in [7, 11) is 0. The quantitative estimate of drug-likeness (QED) is 0.811. The lowest BCUT2D eigenvalue weighted by Gasteiger charge is -2.61. The van der Waals surface area contributed by atoms with Gasteiger partial charge in [-0.25, -0.2) is 0 Å². The van der Waals surface area contributed by atoms with Crippen LogP contribution >= 0.6 is 11.6 Å². The largest absolute Gasteiger partial charge is 0.358 e. The molecule has 1 aromatic rings. The van der Waals surface area contributed by atoms with Crippen LogP contribution in [0, 0.1) is 24.2 Å². The molecule has 29 heavy (non-hydrogen) atoms. The summed E-state index contributed by atoms with van der Waals surface area (Å²) in [4.78, 5) is 16.6. The van der Waals surface area contributed by atoms with E-state index in [-0.39, 0.29) is 5.91 Å². The topological polar surface area (TPSA) is 35.6 Å². The summed E-state index contributed by atoms with van der Waals surface area (Å²) in [6.45, 7) is 10.8.